The summed E-state index contributed by atoms with van der Waals surface area (Å²) in [6.45, 7) is 3.69. The van der Waals surface area contributed by atoms with Crippen molar-refractivity contribution in [2.45, 2.75) is 13.8 Å². The van der Waals surface area contributed by atoms with Crippen LogP contribution in [-0.2, 0) is 4.74 Å². The fraction of sp³-hybridized carbons (Fsp3) is 0.158. The van der Waals surface area contributed by atoms with E-state index in [1.165, 1.54) is 13.2 Å². The lowest BCUT2D eigenvalue weighted by Crippen LogP contribution is -2.03. The summed E-state index contributed by atoms with van der Waals surface area (Å²) in [6, 6.07) is 9.71. The highest BCUT2D eigenvalue weighted by Crippen LogP contribution is 2.36. The highest BCUT2D eigenvalue weighted by molar-refractivity contribution is 6.33. The minimum absolute atomic E-state index is 0.302. The van der Waals surface area contributed by atoms with Gasteiger partial charge >= 0.3 is 5.97 Å². The topological polar surface area (TPSA) is 39.2 Å². The number of pyridine rings is 1. The summed E-state index contributed by atoms with van der Waals surface area (Å²) < 4.78 is 19.2. The number of esters is 1. The van der Waals surface area contributed by atoms with Gasteiger partial charge < -0.3 is 4.74 Å². The Balaban J connectivity index is 2.43. The molecule has 3 aromatic rings. The first kappa shape index (κ1) is 16.4. The molecule has 0 saturated carbocycles. The van der Waals surface area contributed by atoms with Gasteiger partial charge in [-0.2, -0.15) is 0 Å². The first-order chi connectivity index (χ1) is 11.4. The van der Waals surface area contributed by atoms with Crippen molar-refractivity contribution < 1.29 is 13.9 Å². The van der Waals surface area contributed by atoms with Crippen LogP contribution in [0.3, 0.4) is 0 Å². The van der Waals surface area contributed by atoms with Gasteiger partial charge in [-0.25, -0.2) is 9.18 Å². The zero-order chi connectivity index (χ0) is 17.4. The molecule has 0 aliphatic rings. The van der Waals surface area contributed by atoms with Gasteiger partial charge in [0.25, 0.3) is 0 Å². The smallest absolute Gasteiger partial charge is 0.337 e. The maximum atomic E-state index is 14.4. The molecule has 0 spiro atoms. The van der Waals surface area contributed by atoms with E-state index in [-0.39, 0.29) is 0 Å². The molecule has 0 bridgehead atoms. The molecule has 0 saturated heterocycles. The van der Waals surface area contributed by atoms with Crippen molar-refractivity contribution in [3.05, 3.63) is 64.1 Å². The standard InChI is InChI=1S/C19H15ClFNO2/c1-10-7-12(19(23)24-3)9-14-13(8-11(2)22-18(10)14)17-15(20)5-4-6-16(17)21/h4-9H,1-3H3. The second-order valence-corrected chi connectivity index (χ2v) is 6.00. The maximum Gasteiger partial charge on any atom is 0.337 e. The van der Waals surface area contributed by atoms with Crippen LogP contribution in [-0.4, -0.2) is 18.1 Å². The predicted octanol–water partition coefficient (Wildman–Crippen LogP) is 5.10. The molecule has 0 fully saturated rings. The molecule has 24 heavy (non-hydrogen) atoms. The van der Waals surface area contributed by atoms with Crippen LogP contribution in [0.5, 0.6) is 0 Å². The van der Waals surface area contributed by atoms with Gasteiger partial charge in [0.1, 0.15) is 5.82 Å². The van der Waals surface area contributed by atoms with Gasteiger partial charge in [0.2, 0.25) is 0 Å². The van der Waals surface area contributed by atoms with Gasteiger partial charge in [-0.3, -0.25) is 4.98 Å². The fourth-order valence-electron chi connectivity index (χ4n) is 2.83. The molecular weight excluding hydrogens is 329 g/mol. The molecule has 3 rings (SSSR count). The van der Waals surface area contributed by atoms with E-state index in [0.29, 0.717) is 32.6 Å². The number of nitrogens with zero attached hydrogens (tertiary/aromatic N) is 1. The Bertz CT molecular complexity index is 949. The Morgan fingerprint density at radius 3 is 2.62 bits per heavy atom. The zero-order valence-electron chi connectivity index (χ0n) is 13.5. The predicted molar refractivity (Wildman–Crippen MR) is 93.0 cm³/mol. The largest absolute Gasteiger partial charge is 0.465 e. The Hall–Kier alpha value is -2.46. The summed E-state index contributed by atoms with van der Waals surface area (Å²) in [7, 11) is 1.32. The molecule has 2 aromatic carbocycles. The highest BCUT2D eigenvalue weighted by atomic mass is 35.5. The third-order valence-corrected chi connectivity index (χ3v) is 4.20. The second kappa shape index (κ2) is 6.21. The Morgan fingerprint density at radius 2 is 1.96 bits per heavy atom. The lowest BCUT2D eigenvalue weighted by atomic mass is 9.96. The number of methoxy groups -OCH3 is 1. The summed E-state index contributed by atoms with van der Waals surface area (Å²) in [5, 5.41) is 0.969. The highest BCUT2D eigenvalue weighted by Gasteiger charge is 2.17. The van der Waals surface area contributed by atoms with E-state index in [2.05, 4.69) is 4.98 Å². The van der Waals surface area contributed by atoms with Crippen molar-refractivity contribution in [3.63, 3.8) is 0 Å². The average molecular weight is 344 g/mol. The number of carbonyl (C=O) groups is 1. The van der Waals surface area contributed by atoms with E-state index in [1.807, 2.05) is 13.8 Å². The number of aromatic nitrogens is 1. The quantitative estimate of drug-likeness (QED) is 0.608. The third kappa shape index (κ3) is 2.74. The summed E-state index contributed by atoms with van der Waals surface area (Å²) in [5.74, 6) is -0.873. The van der Waals surface area contributed by atoms with E-state index >= 15 is 0 Å². The van der Waals surface area contributed by atoms with Crippen LogP contribution in [0.25, 0.3) is 22.0 Å². The lowest BCUT2D eigenvalue weighted by molar-refractivity contribution is 0.0601. The average Bonchev–Trinajstić information content (AvgIpc) is 2.54. The molecule has 1 aromatic heterocycles. The molecule has 0 N–H and O–H groups in total. The lowest BCUT2D eigenvalue weighted by Gasteiger charge is -2.13. The van der Waals surface area contributed by atoms with E-state index in [4.69, 9.17) is 16.3 Å². The maximum absolute atomic E-state index is 14.4. The normalized spacial score (nSPS) is 10.9. The molecule has 0 amide bonds. The number of hydrogen-bond acceptors (Lipinski definition) is 3. The molecular formula is C19H15ClFNO2. The Labute approximate surface area is 144 Å². The van der Waals surface area contributed by atoms with Gasteiger partial charge in [-0.15, -0.1) is 0 Å². The molecule has 0 aliphatic carbocycles. The van der Waals surface area contributed by atoms with Gasteiger partial charge in [0.05, 0.1) is 23.2 Å². The molecule has 5 heteroatoms. The molecule has 0 radical (unpaired) electrons. The van der Waals surface area contributed by atoms with Gasteiger partial charge in [0, 0.05) is 16.6 Å². The van der Waals surface area contributed by atoms with Gasteiger partial charge in [-0.1, -0.05) is 17.7 Å². The van der Waals surface area contributed by atoms with Crippen LogP contribution in [0.4, 0.5) is 4.39 Å². The number of carbonyl (C=O) groups excluding carboxylic acids is 1. The van der Waals surface area contributed by atoms with Crippen LogP contribution >= 0.6 is 11.6 Å². The van der Waals surface area contributed by atoms with Crippen molar-refractivity contribution in [1.82, 2.24) is 4.98 Å². The number of fused-ring (bicyclic) bond motifs is 1. The number of benzene rings is 2. The summed E-state index contributed by atoms with van der Waals surface area (Å²) in [6.07, 6.45) is 0. The number of hydrogen-bond donors (Lipinski definition) is 0. The zero-order valence-corrected chi connectivity index (χ0v) is 14.2. The summed E-state index contributed by atoms with van der Waals surface area (Å²) in [5.41, 5.74) is 3.56. The summed E-state index contributed by atoms with van der Waals surface area (Å²) in [4.78, 5) is 16.4. The number of ether oxygens (including phenoxy) is 1. The molecule has 3 nitrogen and oxygen atoms in total. The molecule has 1 heterocycles. The minimum Gasteiger partial charge on any atom is -0.465 e. The van der Waals surface area contributed by atoms with Crippen molar-refractivity contribution in [3.8, 4) is 11.1 Å². The van der Waals surface area contributed by atoms with E-state index in [0.717, 1.165) is 11.3 Å². The van der Waals surface area contributed by atoms with Gasteiger partial charge in [0.15, 0.2) is 0 Å². The van der Waals surface area contributed by atoms with Crippen molar-refractivity contribution in [2.75, 3.05) is 7.11 Å². The van der Waals surface area contributed by atoms with Crippen LogP contribution in [0.15, 0.2) is 36.4 Å². The first-order valence-electron chi connectivity index (χ1n) is 7.37. The Morgan fingerprint density at radius 1 is 1.21 bits per heavy atom. The fourth-order valence-corrected chi connectivity index (χ4v) is 3.09. The van der Waals surface area contributed by atoms with E-state index in [1.54, 1.807) is 30.3 Å². The van der Waals surface area contributed by atoms with E-state index in [9.17, 15) is 9.18 Å². The first-order valence-corrected chi connectivity index (χ1v) is 7.75. The summed E-state index contributed by atoms with van der Waals surface area (Å²) >= 11 is 6.23. The van der Waals surface area contributed by atoms with Crippen LogP contribution < -0.4 is 0 Å². The minimum atomic E-state index is -0.453. The SMILES string of the molecule is COC(=O)c1cc(C)c2nc(C)cc(-c3c(F)cccc3Cl)c2c1. The molecule has 0 aliphatic heterocycles. The number of aryl methyl sites for hydroxylation is 2. The van der Waals surface area contributed by atoms with Crippen LogP contribution in [0, 0.1) is 19.7 Å². The number of halogens is 2. The Kier molecular flexibility index (Phi) is 4.24. The van der Waals surface area contributed by atoms with E-state index < -0.39 is 11.8 Å². The van der Waals surface area contributed by atoms with Crippen molar-refractivity contribution in [2.24, 2.45) is 0 Å². The molecule has 122 valence electrons. The molecule has 0 unspecified atom stereocenters. The number of rotatable bonds is 2. The van der Waals surface area contributed by atoms with Gasteiger partial charge in [-0.05, 0) is 55.3 Å². The van der Waals surface area contributed by atoms with Crippen molar-refractivity contribution >= 4 is 28.5 Å². The second-order valence-electron chi connectivity index (χ2n) is 5.59. The monoisotopic (exact) mass is 343 g/mol. The van der Waals surface area contributed by atoms with Crippen molar-refractivity contribution in [1.29, 1.82) is 0 Å². The third-order valence-electron chi connectivity index (χ3n) is 3.89. The van der Waals surface area contributed by atoms with Crippen LogP contribution in [0.2, 0.25) is 5.02 Å². The molecule has 0 atom stereocenters. The van der Waals surface area contributed by atoms with Crippen LogP contribution in [0.1, 0.15) is 21.6 Å².